The number of alkyl halides is 1. The van der Waals surface area contributed by atoms with Crippen molar-refractivity contribution in [3.8, 4) is 0 Å². The minimum absolute atomic E-state index is 0.0538. The van der Waals surface area contributed by atoms with Crippen molar-refractivity contribution >= 4 is 37.8 Å². The van der Waals surface area contributed by atoms with Gasteiger partial charge in [0, 0.05) is 15.4 Å². The Bertz CT molecular complexity index is 380. The molecule has 0 aromatic heterocycles. The molecule has 0 spiro atoms. The second kappa shape index (κ2) is 5.61. The minimum Gasteiger partial charge on any atom is -0.469 e. The van der Waals surface area contributed by atoms with Crippen LogP contribution in [0.2, 0.25) is 0 Å². The van der Waals surface area contributed by atoms with E-state index in [1.54, 1.807) is 12.1 Å². The fourth-order valence-electron chi connectivity index (χ4n) is 1.16. The average Bonchev–Trinajstić information content (AvgIpc) is 2.22. The molecule has 0 saturated carbocycles. The van der Waals surface area contributed by atoms with E-state index in [1.165, 1.54) is 7.11 Å². The molecule has 0 heterocycles. The van der Waals surface area contributed by atoms with Crippen molar-refractivity contribution in [3.63, 3.8) is 0 Å². The Morgan fingerprint density at radius 1 is 1.47 bits per heavy atom. The lowest BCUT2D eigenvalue weighted by molar-refractivity contribution is -0.139. The molecule has 0 fully saturated rings. The topological polar surface area (TPSA) is 26.3 Å². The van der Waals surface area contributed by atoms with Crippen molar-refractivity contribution in [2.75, 3.05) is 7.11 Å². The molecular formula is C10H9Br2FO2. The van der Waals surface area contributed by atoms with Crippen LogP contribution in [0.15, 0.2) is 16.6 Å². The van der Waals surface area contributed by atoms with Crippen LogP contribution in [-0.2, 0) is 21.3 Å². The van der Waals surface area contributed by atoms with Gasteiger partial charge in [-0.15, -0.1) is 0 Å². The number of carbonyl (C=O) groups excluding carboxylic acids is 1. The second-order valence-electron chi connectivity index (χ2n) is 2.92. The van der Waals surface area contributed by atoms with Gasteiger partial charge >= 0.3 is 5.97 Å². The molecule has 2 nitrogen and oxygen atoms in total. The van der Waals surface area contributed by atoms with Crippen LogP contribution in [0.5, 0.6) is 0 Å². The molecule has 0 aliphatic heterocycles. The van der Waals surface area contributed by atoms with Gasteiger partial charge in [-0.05, 0) is 17.7 Å². The first kappa shape index (κ1) is 12.6. The number of methoxy groups -OCH3 is 1. The normalized spacial score (nSPS) is 10.1. The quantitative estimate of drug-likeness (QED) is 0.624. The van der Waals surface area contributed by atoms with Gasteiger partial charge in [0.2, 0.25) is 0 Å². The number of carbonyl (C=O) groups is 1. The molecule has 0 saturated heterocycles. The van der Waals surface area contributed by atoms with Gasteiger partial charge in [-0.3, -0.25) is 4.79 Å². The van der Waals surface area contributed by atoms with E-state index in [0.29, 0.717) is 16.5 Å². The maximum atomic E-state index is 13.7. The van der Waals surface area contributed by atoms with E-state index in [9.17, 15) is 9.18 Å². The molecule has 0 bridgehead atoms. The van der Waals surface area contributed by atoms with Crippen LogP contribution in [0.25, 0.3) is 0 Å². The maximum absolute atomic E-state index is 13.7. The van der Waals surface area contributed by atoms with Crippen LogP contribution in [0.4, 0.5) is 4.39 Å². The SMILES string of the molecule is COC(=O)Cc1cc(Br)cc(CBr)c1F. The van der Waals surface area contributed by atoms with Gasteiger partial charge in [-0.1, -0.05) is 31.9 Å². The molecule has 0 N–H and O–H groups in total. The van der Waals surface area contributed by atoms with Gasteiger partial charge in [-0.25, -0.2) is 4.39 Å². The van der Waals surface area contributed by atoms with Gasteiger partial charge in [0.05, 0.1) is 13.5 Å². The Morgan fingerprint density at radius 2 is 2.07 bits per heavy atom. The van der Waals surface area contributed by atoms with Gasteiger partial charge in [0.25, 0.3) is 0 Å². The summed E-state index contributed by atoms with van der Waals surface area (Å²) < 4.78 is 18.9. The van der Waals surface area contributed by atoms with E-state index in [0.717, 1.165) is 4.47 Å². The Morgan fingerprint density at radius 3 is 2.60 bits per heavy atom. The first-order valence-electron chi connectivity index (χ1n) is 4.18. The monoisotopic (exact) mass is 338 g/mol. The zero-order valence-corrected chi connectivity index (χ0v) is 11.2. The highest BCUT2D eigenvalue weighted by Crippen LogP contribution is 2.22. The Kier molecular flexibility index (Phi) is 4.73. The van der Waals surface area contributed by atoms with Gasteiger partial charge < -0.3 is 4.74 Å². The predicted octanol–water partition coefficient (Wildman–Crippen LogP) is 3.20. The van der Waals surface area contributed by atoms with Crippen LogP contribution in [0.3, 0.4) is 0 Å². The summed E-state index contributed by atoms with van der Waals surface area (Å²) in [5.41, 5.74) is 0.856. The fourth-order valence-corrected chi connectivity index (χ4v) is 2.12. The lowest BCUT2D eigenvalue weighted by Crippen LogP contribution is -2.07. The smallest absolute Gasteiger partial charge is 0.310 e. The van der Waals surface area contributed by atoms with Crippen LogP contribution >= 0.6 is 31.9 Å². The largest absolute Gasteiger partial charge is 0.469 e. The number of hydrogen-bond donors (Lipinski definition) is 0. The number of benzene rings is 1. The van der Waals surface area contributed by atoms with E-state index in [1.807, 2.05) is 0 Å². The number of rotatable bonds is 3. The van der Waals surface area contributed by atoms with Gasteiger partial charge in [0.1, 0.15) is 5.82 Å². The number of esters is 1. The van der Waals surface area contributed by atoms with Crippen molar-refractivity contribution in [2.24, 2.45) is 0 Å². The third-order valence-electron chi connectivity index (χ3n) is 1.89. The number of halogens is 3. The van der Waals surface area contributed by atoms with Crippen molar-refractivity contribution in [3.05, 3.63) is 33.5 Å². The summed E-state index contributed by atoms with van der Waals surface area (Å²) in [5, 5.41) is 0.409. The third-order valence-corrected chi connectivity index (χ3v) is 2.96. The Balaban J connectivity index is 3.06. The summed E-state index contributed by atoms with van der Waals surface area (Å²) in [6.45, 7) is 0. The second-order valence-corrected chi connectivity index (χ2v) is 4.40. The van der Waals surface area contributed by atoms with Crippen molar-refractivity contribution in [2.45, 2.75) is 11.8 Å². The van der Waals surface area contributed by atoms with Crippen LogP contribution in [0.1, 0.15) is 11.1 Å². The molecular weight excluding hydrogens is 331 g/mol. The molecule has 1 aromatic carbocycles. The molecule has 1 rings (SSSR count). The zero-order chi connectivity index (χ0) is 11.4. The molecule has 15 heavy (non-hydrogen) atoms. The first-order chi connectivity index (χ1) is 7.08. The van der Waals surface area contributed by atoms with Crippen LogP contribution in [-0.4, -0.2) is 13.1 Å². The summed E-state index contributed by atoms with van der Waals surface area (Å²) in [6.07, 6.45) is -0.0538. The lowest BCUT2D eigenvalue weighted by Gasteiger charge is -2.06. The summed E-state index contributed by atoms with van der Waals surface area (Å²) in [7, 11) is 1.28. The summed E-state index contributed by atoms with van der Waals surface area (Å²) in [6, 6.07) is 3.25. The summed E-state index contributed by atoms with van der Waals surface area (Å²) in [4.78, 5) is 11.0. The molecule has 0 radical (unpaired) electrons. The van der Waals surface area contributed by atoms with Crippen molar-refractivity contribution in [1.29, 1.82) is 0 Å². The highest BCUT2D eigenvalue weighted by atomic mass is 79.9. The van der Waals surface area contributed by atoms with E-state index >= 15 is 0 Å². The molecule has 0 aliphatic rings. The van der Waals surface area contributed by atoms with E-state index in [-0.39, 0.29) is 12.2 Å². The van der Waals surface area contributed by atoms with Gasteiger partial charge in [0.15, 0.2) is 0 Å². The third kappa shape index (κ3) is 3.28. The van der Waals surface area contributed by atoms with Crippen molar-refractivity contribution in [1.82, 2.24) is 0 Å². The molecule has 0 atom stereocenters. The van der Waals surface area contributed by atoms with Crippen molar-refractivity contribution < 1.29 is 13.9 Å². The summed E-state index contributed by atoms with van der Waals surface area (Å²) in [5.74, 6) is -0.812. The molecule has 82 valence electrons. The highest BCUT2D eigenvalue weighted by Gasteiger charge is 2.12. The molecule has 0 aliphatic carbocycles. The first-order valence-corrected chi connectivity index (χ1v) is 6.09. The minimum atomic E-state index is -0.451. The zero-order valence-electron chi connectivity index (χ0n) is 8.02. The standard InChI is InChI=1S/C10H9Br2FO2/c1-15-9(14)4-6-2-8(12)3-7(5-11)10(6)13/h2-3H,4-5H2,1H3. The van der Waals surface area contributed by atoms with E-state index in [4.69, 9.17) is 0 Å². The number of hydrogen-bond acceptors (Lipinski definition) is 2. The Hall–Kier alpha value is -0.420. The molecule has 0 unspecified atom stereocenters. The molecule has 5 heteroatoms. The van der Waals surface area contributed by atoms with Crippen LogP contribution in [0, 0.1) is 5.82 Å². The maximum Gasteiger partial charge on any atom is 0.310 e. The van der Waals surface area contributed by atoms with Gasteiger partial charge in [-0.2, -0.15) is 0 Å². The lowest BCUT2D eigenvalue weighted by atomic mass is 10.1. The molecule has 0 amide bonds. The number of ether oxygens (including phenoxy) is 1. The van der Waals surface area contributed by atoms with Crippen LogP contribution < -0.4 is 0 Å². The molecule has 1 aromatic rings. The Labute approximate surface area is 104 Å². The fraction of sp³-hybridized carbons (Fsp3) is 0.300. The predicted molar refractivity (Wildman–Crippen MR) is 62.5 cm³/mol. The van der Waals surface area contributed by atoms with E-state index in [2.05, 4.69) is 36.6 Å². The average molecular weight is 340 g/mol. The highest BCUT2D eigenvalue weighted by molar-refractivity contribution is 9.10. The summed E-state index contributed by atoms with van der Waals surface area (Å²) >= 11 is 6.44. The van der Waals surface area contributed by atoms with E-state index < -0.39 is 5.97 Å².